The Morgan fingerprint density at radius 3 is 2.17 bits per heavy atom. The van der Waals surface area contributed by atoms with E-state index in [4.69, 9.17) is 0 Å². The molecule has 0 N–H and O–H groups in total. The van der Waals surface area contributed by atoms with Crippen LogP contribution in [0.3, 0.4) is 0 Å². The molecular formula is C9H18N2O. The Bertz CT molecular complexity index is 160. The normalized spacial score (nSPS) is 22.8. The van der Waals surface area contributed by atoms with Gasteiger partial charge in [-0.2, -0.15) is 0 Å². The lowest BCUT2D eigenvalue weighted by Crippen LogP contribution is -2.38. The first-order valence-corrected chi connectivity index (χ1v) is 4.67. The van der Waals surface area contributed by atoms with Crippen molar-refractivity contribution in [2.24, 2.45) is 16.6 Å². The van der Waals surface area contributed by atoms with Gasteiger partial charge in [0.15, 0.2) is 0 Å². The minimum Gasteiger partial charge on any atom is -0.261 e. The van der Waals surface area contributed by atoms with Crippen LogP contribution in [0.4, 0.5) is 0 Å². The van der Waals surface area contributed by atoms with Gasteiger partial charge in [0.05, 0.1) is 5.29 Å². The highest BCUT2D eigenvalue weighted by Crippen LogP contribution is 2.37. The number of piperidine rings is 1. The lowest BCUT2D eigenvalue weighted by atomic mass is 9.72. The average Bonchev–Trinajstić information content (AvgIpc) is 2.06. The summed E-state index contributed by atoms with van der Waals surface area (Å²) in [6, 6.07) is 0. The van der Waals surface area contributed by atoms with E-state index in [1.54, 1.807) is 5.01 Å². The molecule has 1 aliphatic heterocycles. The highest BCUT2D eigenvalue weighted by atomic mass is 16.3. The Morgan fingerprint density at radius 1 is 1.33 bits per heavy atom. The van der Waals surface area contributed by atoms with Gasteiger partial charge < -0.3 is 0 Å². The van der Waals surface area contributed by atoms with Gasteiger partial charge in [-0.15, -0.1) is 4.91 Å². The van der Waals surface area contributed by atoms with E-state index < -0.39 is 0 Å². The van der Waals surface area contributed by atoms with Gasteiger partial charge in [0.1, 0.15) is 0 Å². The minimum atomic E-state index is 0.418. The standard InChI is InChI=1S/C9H18N2O/c1-8(2)9(3)4-6-11(10-12)7-5-9/h8H,4-7H2,1-3H3. The minimum absolute atomic E-state index is 0.418. The number of nitrogens with zero attached hydrogens (tertiary/aromatic N) is 2. The van der Waals surface area contributed by atoms with E-state index in [9.17, 15) is 4.91 Å². The van der Waals surface area contributed by atoms with E-state index in [2.05, 4.69) is 26.1 Å². The van der Waals surface area contributed by atoms with Gasteiger partial charge >= 0.3 is 0 Å². The monoisotopic (exact) mass is 170 g/mol. The molecule has 0 aromatic carbocycles. The predicted molar refractivity (Wildman–Crippen MR) is 49.5 cm³/mol. The summed E-state index contributed by atoms with van der Waals surface area (Å²) < 4.78 is 0. The van der Waals surface area contributed by atoms with Gasteiger partial charge in [-0.05, 0) is 24.2 Å². The van der Waals surface area contributed by atoms with E-state index in [0.29, 0.717) is 11.3 Å². The highest BCUT2D eigenvalue weighted by molar-refractivity contribution is 4.83. The van der Waals surface area contributed by atoms with Crippen LogP contribution in [0.1, 0.15) is 33.6 Å². The van der Waals surface area contributed by atoms with Gasteiger partial charge in [-0.25, -0.2) is 0 Å². The molecule has 70 valence electrons. The summed E-state index contributed by atoms with van der Waals surface area (Å²) in [4.78, 5) is 10.2. The Hall–Kier alpha value is -0.600. The molecule has 0 aliphatic carbocycles. The molecule has 0 atom stereocenters. The fraction of sp³-hybridized carbons (Fsp3) is 1.00. The lowest BCUT2D eigenvalue weighted by Gasteiger charge is -2.40. The largest absolute Gasteiger partial charge is 0.261 e. The first kappa shape index (κ1) is 9.49. The molecule has 3 nitrogen and oxygen atoms in total. The summed E-state index contributed by atoms with van der Waals surface area (Å²) in [7, 11) is 0. The summed E-state index contributed by atoms with van der Waals surface area (Å²) in [5.41, 5.74) is 0.418. The summed E-state index contributed by atoms with van der Waals surface area (Å²) in [5, 5.41) is 4.58. The van der Waals surface area contributed by atoms with Crippen molar-refractivity contribution in [3.8, 4) is 0 Å². The van der Waals surface area contributed by atoms with Crippen molar-refractivity contribution in [2.75, 3.05) is 13.1 Å². The molecule has 1 rings (SSSR count). The van der Waals surface area contributed by atoms with Crippen molar-refractivity contribution in [3.63, 3.8) is 0 Å². The van der Waals surface area contributed by atoms with Crippen LogP contribution in [0.2, 0.25) is 0 Å². The fourth-order valence-electron chi connectivity index (χ4n) is 1.66. The average molecular weight is 170 g/mol. The topological polar surface area (TPSA) is 32.7 Å². The molecule has 1 saturated heterocycles. The Balaban J connectivity index is 2.49. The van der Waals surface area contributed by atoms with Gasteiger partial charge in [0.25, 0.3) is 0 Å². The van der Waals surface area contributed by atoms with Crippen molar-refractivity contribution < 1.29 is 0 Å². The zero-order valence-electron chi connectivity index (χ0n) is 8.21. The quantitative estimate of drug-likeness (QED) is 0.596. The SMILES string of the molecule is CC(C)C1(C)CCN(N=O)CC1. The van der Waals surface area contributed by atoms with Crippen LogP contribution >= 0.6 is 0 Å². The second-order valence-corrected chi connectivity index (χ2v) is 4.34. The van der Waals surface area contributed by atoms with Crippen molar-refractivity contribution >= 4 is 0 Å². The van der Waals surface area contributed by atoms with Crippen molar-refractivity contribution in [1.82, 2.24) is 5.01 Å². The maximum atomic E-state index is 10.2. The van der Waals surface area contributed by atoms with Crippen LogP contribution in [0.5, 0.6) is 0 Å². The second-order valence-electron chi connectivity index (χ2n) is 4.34. The Labute approximate surface area is 74.1 Å². The van der Waals surface area contributed by atoms with Crippen molar-refractivity contribution in [1.29, 1.82) is 0 Å². The van der Waals surface area contributed by atoms with Gasteiger partial charge in [-0.3, -0.25) is 5.01 Å². The molecule has 0 aromatic heterocycles. The first-order valence-electron chi connectivity index (χ1n) is 4.67. The molecule has 0 saturated carbocycles. The Kier molecular flexibility index (Phi) is 2.70. The van der Waals surface area contributed by atoms with Crippen LogP contribution in [-0.2, 0) is 0 Å². The van der Waals surface area contributed by atoms with Gasteiger partial charge in [0.2, 0.25) is 0 Å². The smallest absolute Gasteiger partial charge is 0.0523 e. The molecule has 1 aliphatic rings. The maximum Gasteiger partial charge on any atom is 0.0523 e. The molecule has 0 unspecified atom stereocenters. The molecule has 0 bridgehead atoms. The molecule has 0 spiro atoms. The van der Waals surface area contributed by atoms with E-state index in [-0.39, 0.29) is 0 Å². The van der Waals surface area contributed by atoms with Crippen molar-refractivity contribution in [3.05, 3.63) is 4.91 Å². The van der Waals surface area contributed by atoms with Crippen LogP contribution in [-0.4, -0.2) is 18.1 Å². The van der Waals surface area contributed by atoms with E-state index in [1.807, 2.05) is 0 Å². The maximum absolute atomic E-state index is 10.2. The van der Waals surface area contributed by atoms with Crippen LogP contribution < -0.4 is 0 Å². The lowest BCUT2D eigenvalue weighted by molar-refractivity contribution is 0.0792. The number of hydrogen-bond acceptors (Lipinski definition) is 2. The first-order chi connectivity index (χ1) is 5.58. The zero-order valence-corrected chi connectivity index (χ0v) is 8.21. The third-order valence-electron chi connectivity index (χ3n) is 3.39. The van der Waals surface area contributed by atoms with E-state index in [1.165, 1.54) is 0 Å². The Morgan fingerprint density at radius 2 is 1.83 bits per heavy atom. The van der Waals surface area contributed by atoms with E-state index in [0.717, 1.165) is 25.9 Å². The molecule has 3 heteroatoms. The molecule has 12 heavy (non-hydrogen) atoms. The van der Waals surface area contributed by atoms with E-state index >= 15 is 0 Å². The van der Waals surface area contributed by atoms with Crippen LogP contribution in [0, 0.1) is 16.2 Å². The number of hydrogen-bond donors (Lipinski definition) is 0. The van der Waals surface area contributed by atoms with Crippen molar-refractivity contribution in [2.45, 2.75) is 33.6 Å². The summed E-state index contributed by atoms with van der Waals surface area (Å²) in [5.74, 6) is 0.700. The summed E-state index contributed by atoms with van der Waals surface area (Å²) in [6.07, 6.45) is 2.19. The fourth-order valence-corrected chi connectivity index (χ4v) is 1.66. The zero-order chi connectivity index (χ0) is 9.19. The van der Waals surface area contributed by atoms with Crippen LogP contribution in [0.25, 0.3) is 0 Å². The molecular weight excluding hydrogens is 152 g/mol. The highest BCUT2D eigenvalue weighted by Gasteiger charge is 2.32. The van der Waals surface area contributed by atoms with Crippen LogP contribution in [0.15, 0.2) is 5.29 Å². The molecule has 1 heterocycles. The summed E-state index contributed by atoms with van der Waals surface area (Å²) in [6.45, 7) is 8.48. The third-order valence-corrected chi connectivity index (χ3v) is 3.39. The predicted octanol–water partition coefficient (Wildman–Crippen LogP) is 2.43. The summed E-state index contributed by atoms with van der Waals surface area (Å²) >= 11 is 0. The van der Waals surface area contributed by atoms with Gasteiger partial charge in [0, 0.05) is 13.1 Å². The van der Waals surface area contributed by atoms with Gasteiger partial charge in [-0.1, -0.05) is 20.8 Å². The molecule has 1 fully saturated rings. The number of nitroso groups, excluding NO2 is 1. The molecule has 0 radical (unpaired) electrons. The third kappa shape index (κ3) is 1.76. The second kappa shape index (κ2) is 3.42. The number of rotatable bonds is 2. The molecule has 0 amide bonds. The molecule has 0 aromatic rings.